The minimum atomic E-state index is 0.549. The predicted molar refractivity (Wildman–Crippen MR) is 65.1 cm³/mol. The highest BCUT2D eigenvalue weighted by molar-refractivity contribution is 9.10. The van der Waals surface area contributed by atoms with Gasteiger partial charge in [-0.05, 0) is 31.5 Å². The van der Waals surface area contributed by atoms with Gasteiger partial charge in [0.1, 0.15) is 0 Å². The lowest BCUT2D eigenvalue weighted by Crippen LogP contribution is -2.19. The van der Waals surface area contributed by atoms with E-state index in [0.717, 1.165) is 11.0 Å². The predicted octanol–water partition coefficient (Wildman–Crippen LogP) is 3.09. The highest BCUT2D eigenvalue weighted by Gasteiger charge is 2.15. The van der Waals surface area contributed by atoms with E-state index in [9.17, 15) is 0 Å². The Hall–Kier alpha value is -0.700. The first-order chi connectivity index (χ1) is 6.66. The number of halogens is 1. The molecule has 1 unspecified atom stereocenters. The summed E-state index contributed by atoms with van der Waals surface area (Å²) in [5, 5.41) is 3.52. The first-order valence-corrected chi connectivity index (χ1v) is 5.73. The third-order valence-electron chi connectivity index (χ3n) is 2.67. The normalized spacial score (nSPS) is 21.1. The van der Waals surface area contributed by atoms with Crippen molar-refractivity contribution in [3.05, 3.63) is 22.7 Å². The molecule has 0 aliphatic carbocycles. The largest absolute Gasteiger partial charge is 0.381 e. The molecule has 1 aliphatic rings. The number of fused-ring (bicyclic) bond motifs is 1. The van der Waals surface area contributed by atoms with Crippen LogP contribution in [0.25, 0.3) is 0 Å². The first kappa shape index (κ1) is 9.84. The van der Waals surface area contributed by atoms with Gasteiger partial charge in [0.15, 0.2) is 0 Å². The van der Waals surface area contributed by atoms with Crippen molar-refractivity contribution in [1.29, 1.82) is 0 Å². The lowest BCUT2D eigenvalue weighted by Gasteiger charge is -2.18. The molecule has 3 heteroatoms. The zero-order valence-corrected chi connectivity index (χ0v) is 10.1. The number of nitrogens with zero attached hydrogens (tertiary/aromatic N) is 1. The highest BCUT2D eigenvalue weighted by atomic mass is 79.9. The Kier molecular flexibility index (Phi) is 2.68. The second-order valence-electron chi connectivity index (χ2n) is 3.92. The van der Waals surface area contributed by atoms with E-state index in [1.54, 1.807) is 0 Å². The molecule has 0 amide bonds. The number of anilines is 2. The van der Waals surface area contributed by atoms with E-state index in [0.29, 0.717) is 6.04 Å². The summed E-state index contributed by atoms with van der Waals surface area (Å²) in [6.45, 7) is 3.34. The second kappa shape index (κ2) is 3.81. The maximum absolute atomic E-state index is 3.52. The molecule has 1 aromatic carbocycles. The molecule has 1 atom stereocenters. The van der Waals surface area contributed by atoms with E-state index < -0.39 is 0 Å². The van der Waals surface area contributed by atoms with Crippen LogP contribution in [-0.2, 0) is 0 Å². The van der Waals surface area contributed by atoms with Gasteiger partial charge in [-0.1, -0.05) is 15.9 Å². The van der Waals surface area contributed by atoms with Gasteiger partial charge in [-0.2, -0.15) is 0 Å². The average Bonchev–Trinajstić information content (AvgIpc) is 2.26. The molecular formula is C11H15BrN2. The number of benzene rings is 1. The van der Waals surface area contributed by atoms with Crippen molar-refractivity contribution in [2.75, 3.05) is 23.8 Å². The summed E-state index contributed by atoms with van der Waals surface area (Å²) in [5.41, 5.74) is 2.52. The minimum Gasteiger partial charge on any atom is -0.381 e. The molecular weight excluding hydrogens is 240 g/mol. The van der Waals surface area contributed by atoms with Crippen molar-refractivity contribution in [3.8, 4) is 0 Å². The van der Waals surface area contributed by atoms with Crippen molar-refractivity contribution in [2.24, 2.45) is 0 Å². The van der Waals surface area contributed by atoms with E-state index in [4.69, 9.17) is 0 Å². The van der Waals surface area contributed by atoms with Gasteiger partial charge in [-0.3, -0.25) is 0 Å². The summed E-state index contributed by atoms with van der Waals surface area (Å²) in [7, 11) is 2.15. The van der Waals surface area contributed by atoms with Crippen molar-refractivity contribution in [1.82, 2.24) is 0 Å². The molecule has 0 saturated carbocycles. The fourth-order valence-electron chi connectivity index (χ4n) is 1.80. The Morgan fingerprint density at radius 1 is 1.50 bits per heavy atom. The standard InChI is InChI=1S/C11H15BrN2/c1-8-5-6-14(2)11-4-3-9(12)7-10(11)13-8/h3-4,7-8,13H,5-6H2,1-2H3. The molecule has 1 aromatic rings. The molecule has 76 valence electrons. The summed E-state index contributed by atoms with van der Waals surface area (Å²) in [6, 6.07) is 6.94. The number of nitrogens with one attached hydrogen (secondary N) is 1. The SMILES string of the molecule is CC1CCN(C)c2ccc(Br)cc2N1. The van der Waals surface area contributed by atoms with Crippen LogP contribution in [-0.4, -0.2) is 19.6 Å². The third-order valence-corrected chi connectivity index (χ3v) is 3.16. The van der Waals surface area contributed by atoms with Crippen LogP contribution in [0.3, 0.4) is 0 Å². The van der Waals surface area contributed by atoms with Crippen LogP contribution in [0.15, 0.2) is 22.7 Å². The molecule has 0 radical (unpaired) electrons. The lowest BCUT2D eigenvalue weighted by molar-refractivity contribution is 0.711. The second-order valence-corrected chi connectivity index (χ2v) is 4.83. The number of hydrogen-bond donors (Lipinski definition) is 1. The van der Waals surface area contributed by atoms with Crippen LogP contribution in [0.1, 0.15) is 13.3 Å². The van der Waals surface area contributed by atoms with Gasteiger partial charge < -0.3 is 10.2 Å². The van der Waals surface area contributed by atoms with Crippen molar-refractivity contribution >= 4 is 27.3 Å². The quantitative estimate of drug-likeness (QED) is 0.766. The Morgan fingerprint density at radius 2 is 2.29 bits per heavy atom. The van der Waals surface area contributed by atoms with E-state index in [-0.39, 0.29) is 0 Å². The topological polar surface area (TPSA) is 15.3 Å². The Labute approximate surface area is 93.4 Å². The summed E-state index contributed by atoms with van der Waals surface area (Å²) < 4.78 is 1.13. The van der Waals surface area contributed by atoms with Gasteiger partial charge in [0.25, 0.3) is 0 Å². The van der Waals surface area contributed by atoms with Gasteiger partial charge in [0, 0.05) is 24.1 Å². The Morgan fingerprint density at radius 3 is 3.07 bits per heavy atom. The molecule has 0 fully saturated rings. The fourth-order valence-corrected chi connectivity index (χ4v) is 2.16. The molecule has 2 rings (SSSR count). The molecule has 0 aromatic heterocycles. The third kappa shape index (κ3) is 1.87. The van der Waals surface area contributed by atoms with Crippen molar-refractivity contribution < 1.29 is 0 Å². The van der Waals surface area contributed by atoms with Crippen LogP contribution < -0.4 is 10.2 Å². The van der Waals surface area contributed by atoms with Crippen LogP contribution in [0.2, 0.25) is 0 Å². The number of hydrogen-bond acceptors (Lipinski definition) is 2. The smallest absolute Gasteiger partial charge is 0.0600 e. The van der Waals surface area contributed by atoms with E-state index in [2.05, 4.69) is 58.3 Å². The lowest BCUT2D eigenvalue weighted by atomic mass is 10.2. The zero-order chi connectivity index (χ0) is 10.1. The maximum Gasteiger partial charge on any atom is 0.0600 e. The van der Waals surface area contributed by atoms with Crippen LogP contribution in [0.5, 0.6) is 0 Å². The molecule has 1 aliphatic heterocycles. The fraction of sp³-hybridized carbons (Fsp3) is 0.455. The molecule has 0 bridgehead atoms. The minimum absolute atomic E-state index is 0.549. The van der Waals surface area contributed by atoms with Crippen LogP contribution in [0, 0.1) is 0 Å². The molecule has 0 spiro atoms. The summed E-state index contributed by atoms with van der Waals surface area (Å²) in [4.78, 5) is 2.30. The average molecular weight is 255 g/mol. The van der Waals surface area contributed by atoms with Gasteiger partial charge in [0.05, 0.1) is 11.4 Å². The molecule has 1 N–H and O–H groups in total. The zero-order valence-electron chi connectivity index (χ0n) is 8.55. The Balaban J connectivity index is 2.41. The number of rotatable bonds is 0. The van der Waals surface area contributed by atoms with Gasteiger partial charge in [0.2, 0.25) is 0 Å². The van der Waals surface area contributed by atoms with Gasteiger partial charge in [-0.25, -0.2) is 0 Å². The van der Waals surface area contributed by atoms with E-state index >= 15 is 0 Å². The van der Waals surface area contributed by atoms with Gasteiger partial charge in [-0.15, -0.1) is 0 Å². The molecule has 1 heterocycles. The first-order valence-electron chi connectivity index (χ1n) is 4.94. The maximum atomic E-state index is 3.52. The van der Waals surface area contributed by atoms with Crippen LogP contribution >= 0.6 is 15.9 Å². The van der Waals surface area contributed by atoms with Crippen molar-refractivity contribution in [3.63, 3.8) is 0 Å². The Bertz CT molecular complexity index is 338. The summed E-state index contributed by atoms with van der Waals surface area (Å²) in [6.07, 6.45) is 1.18. The van der Waals surface area contributed by atoms with Crippen LogP contribution in [0.4, 0.5) is 11.4 Å². The monoisotopic (exact) mass is 254 g/mol. The highest BCUT2D eigenvalue weighted by Crippen LogP contribution is 2.31. The van der Waals surface area contributed by atoms with Gasteiger partial charge >= 0.3 is 0 Å². The summed E-state index contributed by atoms with van der Waals surface area (Å²) >= 11 is 3.50. The summed E-state index contributed by atoms with van der Waals surface area (Å²) in [5.74, 6) is 0. The van der Waals surface area contributed by atoms with E-state index in [1.807, 2.05) is 0 Å². The molecule has 2 nitrogen and oxygen atoms in total. The van der Waals surface area contributed by atoms with E-state index in [1.165, 1.54) is 17.8 Å². The molecule has 0 saturated heterocycles. The van der Waals surface area contributed by atoms with Crippen molar-refractivity contribution in [2.45, 2.75) is 19.4 Å². The molecule has 14 heavy (non-hydrogen) atoms.